The van der Waals surface area contributed by atoms with E-state index in [4.69, 9.17) is 26.3 Å². The van der Waals surface area contributed by atoms with Gasteiger partial charge in [0.05, 0.1) is 23.8 Å². The number of fused-ring (bicyclic) bond motifs is 1. The second-order valence-corrected chi connectivity index (χ2v) is 5.51. The highest BCUT2D eigenvalue weighted by molar-refractivity contribution is 6.35. The van der Waals surface area contributed by atoms with Gasteiger partial charge in [-0.2, -0.15) is 5.26 Å². The van der Waals surface area contributed by atoms with Crippen LogP contribution in [0.2, 0.25) is 5.02 Å². The maximum absolute atomic E-state index is 9.01. The smallest absolute Gasteiger partial charge is 0.162 e. The van der Waals surface area contributed by atoms with Crippen molar-refractivity contribution in [2.24, 2.45) is 0 Å². The molecule has 0 aliphatic rings. The van der Waals surface area contributed by atoms with Gasteiger partial charge in [0.1, 0.15) is 6.61 Å². The van der Waals surface area contributed by atoms with Gasteiger partial charge in [-0.05, 0) is 37.3 Å². The van der Waals surface area contributed by atoms with Crippen LogP contribution in [0.3, 0.4) is 0 Å². The first-order valence-electron chi connectivity index (χ1n) is 7.54. The van der Waals surface area contributed by atoms with Gasteiger partial charge in [0, 0.05) is 28.2 Å². The second-order valence-electron chi connectivity index (χ2n) is 5.10. The average Bonchev–Trinajstić information content (AvgIpc) is 2.62. The largest absolute Gasteiger partial charge is 0.490 e. The number of rotatable bonds is 5. The molecule has 0 aliphatic carbocycles. The number of aromatic nitrogens is 1. The van der Waals surface area contributed by atoms with E-state index in [9.17, 15) is 0 Å². The Labute approximate surface area is 145 Å². The Balaban J connectivity index is 1.89. The molecule has 4 nitrogen and oxygen atoms in total. The summed E-state index contributed by atoms with van der Waals surface area (Å²) in [4.78, 5) is 4.40. The Kier molecular flexibility index (Phi) is 4.83. The fourth-order valence-corrected chi connectivity index (χ4v) is 2.65. The summed E-state index contributed by atoms with van der Waals surface area (Å²) < 4.78 is 11.5. The zero-order valence-electron chi connectivity index (χ0n) is 13.1. The standard InChI is InChI=1S/C19H15ClN2O2/c1-2-23-18-10-13(11-21)5-8-17(18)24-12-14-6-7-16(20)15-4-3-9-22-19(14)15/h3-10H,2,12H2,1H3. The van der Waals surface area contributed by atoms with Crippen molar-refractivity contribution in [2.75, 3.05) is 6.61 Å². The lowest BCUT2D eigenvalue weighted by molar-refractivity contribution is 0.270. The first-order chi connectivity index (χ1) is 11.7. The van der Waals surface area contributed by atoms with Crippen LogP contribution in [0.15, 0.2) is 48.7 Å². The van der Waals surface area contributed by atoms with E-state index < -0.39 is 0 Å². The minimum atomic E-state index is 0.330. The minimum absolute atomic E-state index is 0.330. The molecule has 0 atom stereocenters. The highest BCUT2D eigenvalue weighted by atomic mass is 35.5. The van der Waals surface area contributed by atoms with Gasteiger partial charge in [-0.1, -0.05) is 17.7 Å². The molecule has 1 aromatic heterocycles. The van der Waals surface area contributed by atoms with Crippen molar-refractivity contribution in [1.82, 2.24) is 4.98 Å². The Bertz CT molecular complexity index is 919. The van der Waals surface area contributed by atoms with E-state index in [1.54, 1.807) is 24.4 Å². The first-order valence-corrected chi connectivity index (χ1v) is 7.92. The van der Waals surface area contributed by atoms with Crippen LogP contribution >= 0.6 is 11.6 Å². The summed E-state index contributed by atoms with van der Waals surface area (Å²) in [6, 6.07) is 14.8. The van der Waals surface area contributed by atoms with Gasteiger partial charge < -0.3 is 9.47 Å². The van der Waals surface area contributed by atoms with Gasteiger partial charge in [0.2, 0.25) is 0 Å². The topological polar surface area (TPSA) is 55.1 Å². The van der Waals surface area contributed by atoms with Gasteiger partial charge in [-0.15, -0.1) is 0 Å². The average molecular weight is 339 g/mol. The predicted octanol–water partition coefficient (Wildman–Crippen LogP) is 4.74. The summed E-state index contributed by atoms with van der Waals surface area (Å²) in [5.74, 6) is 1.15. The van der Waals surface area contributed by atoms with Gasteiger partial charge in [0.15, 0.2) is 11.5 Å². The Hall–Kier alpha value is -2.77. The molecule has 3 rings (SSSR count). The fraction of sp³-hybridized carbons (Fsp3) is 0.158. The molecule has 0 radical (unpaired) electrons. The van der Waals surface area contributed by atoms with E-state index in [2.05, 4.69) is 11.1 Å². The lowest BCUT2D eigenvalue weighted by Gasteiger charge is -2.13. The monoisotopic (exact) mass is 338 g/mol. The van der Waals surface area contributed by atoms with Crippen molar-refractivity contribution in [3.05, 3.63) is 64.8 Å². The van der Waals surface area contributed by atoms with E-state index in [1.165, 1.54) is 0 Å². The van der Waals surface area contributed by atoms with Crippen LogP contribution in [-0.4, -0.2) is 11.6 Å². The molecule has 24 heavy (non-hydrogen) atoms. The van der Waals surface area contributed by atoms with Crippen molar-refractivity contribution in [2.45, 2.75) is 13.5 Å². The summed E-state index contributed by atoms with van der Waals surface area (Å²) in [6.45, 7) is 2.72. The van der Waals surface area contributed by atoms with Crippen LogP contribution in [0.1, 0.15) is 18.1 Å². The Morgan fingerprint density at radius 1 is 1.12 bits per heavy atom. The molecular formula is C19H15ClN2O2. The summed E-state index contributed by atoms with van der Waals surface area (Å²) >= 11 is 6.21. The zero-order valence-corrected chi connectivity index (χ0v) is 13.9. The van der Waals surface area contributed by atoms with Gasteiger partial charge in [-0.25, -0.2) is 0 Å². The van der Waals surface area contributed by atoms with E-state index in [0.29, 0.717) is 35.3 Å². The molecule has 0 fully saturated rings. The molecule has 0 N–H and O–H groups in total. The minimum Gasteiger partial charge on any atom is -0.490 e. The quantitative estimate of drug-likeness (QED) is 0.674. The number of pyridine rings is 1. The third kappa shape index (κ3) is 3.27. The number of ether oxygens (including phenoxy) is 2. The van der Waals surface area contributed by atoms with Gasteiger partial charge in [0.25, 0.3) is 0 Å². The van der Waals surface area contributed by atoms with Crippen LogP contribution in [0.5, 0.6) is 11.5 Å². The summed E-state index contributed by atoms with van der Waals surface area (Å²) in [7, 11) is 0. The molecule has 0 saturated heterocycles. The van der Waals surface area contributed by atoms with Crippen LogP contribution in [0.25, 0.3) is 10.9 Å². The lowest BCUT2D eigenvalue weighted by Crippen LogP contribution is -2.01. The maximum Gasteiger partial charge on any atom is 0.162 e. The normalized spacial score (nSPS) is 10.4. The maximum atomic E-state index is 9.01. The third-order valence-electron chi connectivity index (χ3n) is 3.56. The highest BCUT2D eigenvalue weighted by Crippen LogP contribution is 2.30. The number of hydrogen-bond acceptors (Lipinski definition) is 4. The first kappa shape index (κ1) is 16.1. The Morgan fingerprint density at radius 2 is 2.00 bits per heavy atom. The molecule has 0 bridgehead atoms. The summed E-state index contributed by atoms with van der Waals surface area (Å²) in [5.41, 5.74) is 2.28. The lowest BCUT2D eigenvalue weighted by atomic mass is 10.1. The Morgan fingerprint density at radius 3 is 2.79 bits per heavy atom. The zero-order chi connectivity index (χ0) is 16.9. The molecule has 5 heteroatoms. The number of hydrogen-bond donors (Lipinski definition) is 0. The van der Waals surface area contributed by atoms with Crippen LogP contribution in [0, 0.1) is 11.3 Å². The van der Waals surface area contributed by atoms with E-state index in [0.717, 1.165) is 16.5 Å². The molecule has 1 heterocycles. The van der Waals surface area contributed by atoms with Crippen molar-refractivity contribution < 1.29 is 9.47 Å². The number of nitriles is 1. The van der Waals surface area contributed by atoms with Crippen molar-refractivity contribution in [3.8, 4) is 17.6 Å². The van der Waals surface area contributed by atoms with E-state index >= 15 is 0 Å². The van der Waals surface area contributed by atoms with Gasteiger partial charge >= 0.3 is 0 Å². The van der Waals surface area contributed by atoms with E-state index in [-0.39, 0.29) is 0 Å². The van der Waals surface area contributed by atoms with Crippen molar-refractivity contribution in [3.63, 3.8) is 0 Å². The molecule has 2 aromatic carbocycles. The van der Waals surface area contributed by atoms with Crippen molar-refractivity contribution in [1.29, 1.82) is 5.26 Å². The summed E-state index contributed by atoms with van der Waals surface area (Å²) in [5, 5.41) is 10.6. The van der Waals surface area contributed by atoms with E-state index in [1.807, 2.05) is 31.2 Å². The molecule has 0 spiro atoms. The number of nitrogens with zero attached hydrogens (tertiary/aromatic N) is 2. The number of benzene rings is 2. The molecular weight excluding hydrogens is 324 g/mol. The van der Waals surface area contributed by atoms with Crippen LogP contribution < -0.4 is 9.47 Å². The van der Waals surface area contributed by atoms with Crippen LogP contribution in [0.4, 0.5) is 0 Å². The number of halogens is 1. The van der Waals surface area contributed by atoms with Crippen molar-refractivity contribution >= 4 is 22.5 Å². The second kappa shape index (κ2) is 7.20. The molecule has 3 aromatic rings. The molecule has 120 valence electrons. The van der Waals surface area contributed by atoms with Gasteiger partial charge in [-0.3, -0.25) is 4.98 Å². The summed E-state index contributed by atoms with van der Waals surface area (Å²) in [6.07, 6.45) is 1.73. The third-order valence-corrected chi connectivity index (χ3v) is 3.89. The SMILES string of the molecule is CCOc1cc(C#N)ccc1OCc1ccc(Cl)c2cccnc12. The molecule has 0 aliphatic heterocycles. The highest BCUT2D eigenvalue weighted by Gasteiger charge is 2.10. The molecule has 0 saturated carbocycles. The fourth-order valence-electron chi connectivity index (χ4n) is 2.43. The molecule has 0 amide bonds. The van der Waals surface area contributed by atoms with Crippen LogP contribution in [-0.2, 0) is 6.61 Å². The molecule has 0 unspecified atom stereocenters. The predicted molar refractivity (Wildman–Crippen MR) is 93.4 cm³/mol.